The summed E-state index contributed by atoms with van der Waals surface area (Å²) in [5.74, 6) is 1.20. The van der Waals surface area contributed by atoms with E-state index in [1.54, 1.807) is 21.9 Å². The van der Waals surface area contributed by atoms with Crippen molar-refractivity contribution in [2.75, 3.05) is 23.3 Å². The molecule has 2 aromatic rings. The highest BCUT2D eigenvalue weighted by molar-refractivity contribution is 6.30. The highest BCUT2D eigenvalue weighted by Crippen LogP contribution is 2.39. The molecule has 2 atom stereocenters. The predicted octanol–water partition coefficient (Wildman–Crippen LogP) is 3.70. The zero-order chi connectivity index (χ0) is 21.3. The van der Waals surface area contributed by atoms with Gasteiger partial charge in [0, 0.05) is 23.6 Å². The fraction of sp³-hybridized carbons (Fsp3) is 0.476. The Morgan fingerprint density at radius 3 is 2.67 bits per heavy atom. The molecule has 9 heteroatoms. The lowest BCUT2D eigenvalue weighted by Crippen LogP contribution is -2.43. The van der Waals surface area contributed by atoms with E-state index in [9.17, 15) is 9.59 Å². The van der Waals surface area contributed by atoms with Crippen LogP contribution in [0.4, 0.5) is 16.6 Å². The molecule has 30 heavy (non-hydrogen) atoms. The van der Waals surface area contributed by atoms with Crippen LogP contribution in [0.15, 0.2) is 30.7 Å². The lowest BCUT2D eigenvalue weighted by molar-refractivity contribution is -0.117. The van der Waals surface area contributed by atoms with Gasteiger partial charge in [-0.2, -0.15) is 0 Å². The van der Waals surface area contributed by atoms with E-state index in [-0.39, 0.29) is 30.4 Å². The summed E-state index contributed by atoms with van der Waals surface area (Å²) in [6.07, 6.45) is 8.38. The number of rotatable bonds is 7. The van der Waals surface area contributed by atoms with Crippen LogP contribution in [0.25, 0.3) is 0 Å². The Labute approximate surface area is 180 Å². The maximum Gasteiger partial charge on any atom is 0.327 e. The van der Waals surface area contributed by atoms with Gasteiger partial charge in [0.2, 0.25) is 11.9 Å². The Morgan fingerprint density at radius 1 is 1.30 bits per heavy atom. The van der Waals surface area contributed by atoms with Crippen molar-refractivity contribution in [3.05, 3.63) is 41.3 Å². The van der Waals surface area contributed by atoms with Crippen LogP contribution in [-0.4, -0.2) is 50.9 Å². The largest absolute Gasteiger partial charge is 0.327 e. The zero-order valence-electron chi connectivity index (χ0n) is 17.1. The Hall–Kier alpha value is -2.74. The summed E-state index contributed by atoms with van der Waals surface area (Å²) in [6.45, 7) is 4.55. The molecule has 2 aromatic heterocycles. The molecular weight excluding hydrogens is 404 g/mol. The second-order valence-corrected chi connectivity index (χ2v) is 8.41. The van der Waals surface area contributed by atoms with Gasteiger partial charge in [0.1, 0.15) is 12.4 Å². The number of halogens is 1. The number of nitrogens with one attached hydrogen (secondary N) is 1. The van der Waals surface area contributed by atoms with E-state index < -0.39 is 0 Å². The quantitative estimate of drug-likeness (QED) is 0.726. The van der Waals surface area contributed by atoms with Crippen molar-refractivity contribution in [1.29, 1.82) is 0 Å². The average molecular weight is 429 g/mol. The molecule has 1 aliphatic carbocycles. The normalized spacial score (nSPS) is 19.8. The van der Waals surface area contributed by atoms with Gasteiger partial charge in [0.15, 0.2) is 0 Å². The number of aromatic nitrogens is 3. The first-order chi connectivity index (χ1) is 14.5. The highest BCUT2D eigenvalue weighted by Gasteiger charge is 2.42. The number of hydrogen-bond acceptors (Lipinski definition) is 5. The van der Waals surface area contributed by atoms with Crippen LogP contribution >= 0.6 is 11.6 Å². The van der Waals surface area contributed by atoms with Crippen molar-refractivity contribution in [3.63, 3.8) is 0 Å². The smallest absolute Gasteiger partial charge is 0.310 e. The monoisotopic (exact) mass is 428 g/mol. The number of urea groups is 1. The zero-order valence-corrected chi connectivity index (χ0v) is 17.8. The fourth-order valence-electron chi connectivity index (χ4n) is 3.68. The summed E-state index contributed by atoms with van der Waals surface area (Å²) >= 11 is 5.95. The first-order valence-corrected chi connectivity index (χ1v) is 10.7. The molecular formula is C21H25ClN6O2. The molecule has 0 bridgehead atoms. The molecule has 4 rings (SSSR count). The summed E-state index contributed by atoms with van der Waals surface area (Å²) in [4.78, 5) is 41.9. The summed E-state index contributed by atoms with van der Waals surface area (Å²) < 4.78 is 0. The van der Waals surface area contributed by atoms with E-state index in [1.807, 2.05) is 12.4 Å². The Balaban J connectivity index is 1.49. The van der Waals surface area contributed by atoms with Crippen molar-refractivity contribution in [3.8, 4) is 0 Å². The second kappa shape index (κ2) is 8.55. The molecule has 0 spiro atoms. The fourth-order valence-corrected chi connectivity index (χ4v) is 3.84. The van der Waals surface area contributed by atoms with Gasteiger partial charge in [0.25, 0.3) is 0 Å². The molecule has 2 fully saturated rings. The highest BCUT2D eigenvalue weighted by atomic mass is 35.5. The van der Waals surface area contributed by atoms with Gasteiger partial charge < -0.3 is 10.2 Å². The SMILES string of the molecule is CC[C@H](C)[C@H]1CN(c2ncc(C3CC3)cn2)C(=O)N1CC(=O)Nc1cc(Cl)ccn1. The van der Waals surface area contributed by atoms with Gasteiger partial charge in [-0.15, -0.1) is 0 Å². The standard InChI is InChI=1S/C21H25ClN6O2/c1-3-13(2)17-11-28(20-24-9-15(10-25-20)14-4-5-14)21(30)27(17)12-19(29)26-18-8-16(22)6-7-23-18/h6-10,13-14,17H,3-5,11-12H2,1-2H3,(H,23,26,29)/t13-,17+/m0/s1. The van der Waals surface area contributed by atoms with E-state index >= 15 is 0 Å². The minimum Gasteiger partial charge on any atom is -0.310 e. The predicted molar refractivity (Wildman–Crippen MR) is 115 cm³/mol. The van der Waals surface area contributed by atoms with Gasteiger partial charge >= 0.3 is 6.03 Å². The molecule has 3 heterocycles. The second-order valence-electron chi connectivity index (χ2n) is 7.97. The van der Waals surface area contributed by atoms with Crippen molar-refractivity contribution in [2.45, 2.75) is 45.1 Å². The minimum atomic E-state index is -0.321. The number of hydrogen-bond donors (Lipinski definition) is 1. The third-order valence-corrected chi connectivity index (χ3v) is 6.03. The number of carbonyl (C=O) groups is 2. The third-order valence-electron chi connectivity index (χ3n) is 5.80. The van der Waals surface area contributed by atoms with Crippen molar-refractivity contribution in [1.82, 2.24) is 19.9 Å². The maximum atomic E-state index is 13.2. The van der Waals surface area contributed by atoms with Gasteiger partial charge in [-0.1, -0.05) is 31.9 Å². The topological polar surface area (TPSA) is 91.3 Å². The average Bonchev–Trinajstić information content (AvgIpc) is 3.53. The molecule has 158 valence electrons. The summed E-state index contributed by atoms with van der Waals surface area (Å²) in [5.41, 5.74) is 1.12. The lowest BCUT2D eigenvalue weighted by Gasteiger charge is -2.26. The first kappa shape index (κ1) is 20.5. The van der Waals surface area contributed by atoms with E-state index in [0.29, 0.717) is 29.3 Å². The van der Waals surface area contributed by atoms with Gasteiger partial charge in [0.05, 0.1) is 12.6 Å². The van der Waals surface area contributed by atoms with E-state index in [1.165, 1.54) is 19.0 Å². The van der Waals surface area contributed by atoms with E-state index in [0.717, 1.165) is 12.0 Å². The number of anilines is 2. The number of nitrogens with zero attached hydrogens (tertiary/aromatic N) is 5. The Kier molecular flexibility index (Phi) is 5.85. The van der Waals surface area contributed by atoms with E-state index in [2.05, 4.69) is 34.1 Å². The first-order valence-electron chi connectivity index (χ1n) is 10.3. The summed E-state index contributed by atoms with van der Waals surface area (Å²) in [6, 6.07) is 2.84. The number of amides is 3. The van der Waals surface area contributed by atoms with Crippen LogP contribution < -0.4 is 10.2 Å². The van der Waals surface area contributed by atoms with Crippen molar-refractivity contribution in [2.24, 2.45) is 5.92 Å². The Morgan fingerprint density at radius 2 is 2.03 bits per heavy atom. The van der Waals surface area contributed by atoms with Gasteiger partial charge in [-0.3, -0.25) is 9.69 Å². The maximum absolute atomic E-state index is 13.2. The number of pyridine rings is 1. The van der Waals surface area contributed by atoms with Crippen LogP contribution in [0.3, 0.4) is 0 Å². The molecule has 0 aromatic carbocycles. The molecule has 1 saturated heterocycles. The lowest BCUT2D eigenvalue weighted by atomic mass is 9.99. The summed E-state index contributed by atoms with van der Waals surface area (Å²) in [7, 11) is 0. The molecule has 1 N–H and O–H groups in total. The Bertz CT molecular complexity index is 933. The van der Waals surface area contributed by atoms with Crippen molar-refractivity contribution >= 4 is 35.3 Å². The molecule has 1 aliphatic heterocycles. The van der Waals surface area contributed by atoms with Gasteiger partial charge in [-0.05, 0) is 42.4 Å². The van der Waals surface area contributed by atoms with Crippen LogP contribution in [0, 0.1) is 5.92 Å². The van der Waals surface area contributed by atoms with Crippen molar-refractivity contribution < 1.29 is 9.59 Å². The summed E-state index contributed by atoms with van der Waals surface area (Å²) in [5, 5.41) is 3.19. The van der Waals surface area contributed by atoms with Gasteiger partial charge in [-0.25, -0.2) is 19.7 Å². The molecule has 1 saturated carbocycles. The van der Waals surface area contributed by atoms with Crippen LogP contribution in [0.2, 0.25) is 5.02 Å². The minimum absolute atomic E-state index is 0.0707. The van der Waals surface area contributed by atoms with E-state index in [4.69, 9.17) is 11.6 Å². The van der Waals surface area contributed by atoms with Crippen LogP contribution in [0.5, 0.6) is 0 Å². The molecule has 3 amide bonds. The molecule has 0 radical (unpaired) electrons. The molecule has 0 unspecified atom stereocenters. The molecule has 8 nitrogen and oxygen atoms in total. The van der Waals surface area contributed by atoms with Crippen LogP contribution in [0.1, 0.15) is 44.6 Å². The van der Waals surface area contributed by atoms with Crippen LogP contribution in [-0.2, 0) is 4.79 Å². The number of carbonyl (C=O) groups excluding carboxylic acids is 2. The third kappa shape index (κ3) is 4.38. The molecule has 2 aliphatic rings.